The number of esters is 1. The third-order valence-electron chi connectivity index (χ3n) is 4.17. The van der Waals surface area contributed by atoms with E-state index in [4.69, 9.17) is 9.15 Å². The second-order valence-corrected chi connectivity index (χ2v) is 6.67. The van der Waals surface area contributed by atoms with E-state index in [0.717, 1.165) is 5.56 Å². The number of benzene rings is 2. The van der Waals surface area contributed by atoms with Crippen molar-refractivity contribution in [3.63, 3.8) is 0 Å². The second kappa shape index (κ2) is 8.99. The molecule has 0 unspecified atom stereocenters. The molecule has 1 atom stereocenters. The standard InChI is InChI=1S/C22H22N2O4/c1-15(2)19(24-20(25)16-9-5-3-6-10-16)22(26)27-14-18-13-23-21(28-18)17-11-7-4-8-12-17/h3-13,15,19H,14H2,1-2H3,(H,24,25)/t19-/m1/s1. The quantitative estimate of drug-likeness (QED) is 0.632. The summed E-state index contributed by atoms with van der Waals surface area (Å²) in [5, 5.41) is 2.74. The van der Waals surface area contributed by atoms with Gasteiger partial charge in [0.1, 0.15) is 6.04 Å². The van der Waals surface area contributed by atoms with Gasteiger partial charge >= 0.3 is 5.97 Å². The van der Waals surface area contributed by atoms with Crippen LogP contribution in [0, 0.1) is 5.92 Å². The van der Waals surface area contributed by atoms with Gasteiger partial charge in [-0.3, -0.25) is 4.79 Å². The van der Waals surface area contributed by atoms with Crippen LogP contribution < -0.4 is 5.32 Å². The fourth-order valence-corrected chi connectivity index (χ4v) is 2.63. The number of carbonyl (C=O) groups excluding carboxylic acids is 2. The highest BCUT2D eigenvalue weighted by atomic mass is 16.5. The Labute approximate surface area is 163 Å². The number of aromatic nitrogens is 1. The molecule has 144 valence electrons. The molecular weight excluding hydrogens is 356 g/mol. The van der Waals surface area contributed by atoms with Crippen molar-refractivity contribution in [3.8, 4) is 11.5 Å². The lowest BCUT2D eigenvalue weighted by Gasteiger charge is -2.20. The number of hydrogen-bond donors (Lipinski definition) is 1. The lowest BCUT2D eigenvalue weighted by Crippen LogP contribution is -2.45. The lowest BCUT2D eigenvalue weighted by molar-refractivity contribution is -0.149. The van der Waals surface area contributed by atoms with Crippen LogP contribution in [0.5, 0.6) is 0 Å². The smallest absolute Gasteiger partial charge is 0.329 e. The minimum Gasteiger partial charge on any atom is -0.456 e. The van der Waals surface area contributed by atoms with E-state index in [2.05, 4.69) is 10.3 Å². The number of carbonyl (C=O) groups is 2. The molecule has 0 saturated heterocycles. The molecule has 1 N–H and O–H groups in total. The Morgan fingerprint density at radius 3 is 2.32 bits per heavy atom. The third kappa shape index (κ3) is 4.85. The Morgan fingerprint density at radius 1 is 1.04 bits per heavy atom. The zero-order valence-electron chi connectivity index (χ0n) is 15.8. The topological polar surface area (TPSA) is 81.4 Å². The Bertz CT molecular complexity index is 920. The van der Waals surface area contributed by atoms with Crippen LogP contribution in [0.3, 0.4) is 0 Å². The van der Waals surface area contributed by atoms with Crippen LogP contribution in [0.1, 0.15) is 30.0 Å². The Hall–Kier alpha value is -3.41. The molecule has 3 aromatic rings. The monoisotopic (exact) mass is 378 g/mol. The van der Waals surface area contributed by atoms with E-state index in [-0.39, 0.29) is 18.4 Å². The van der Waals surface area contributed by atoms with E-state index in [9.17, 15) is 9.59 Å². The maximum Gasteiger partial charge on any atom is 0.329 e. The molecule has 3 rings (SSSR count). The number of oxazole rings is 1. The number of amides is 1. The number of nitrogens with zero attached hydrogens (tertiary/aromatic N) is 1. The van der Waals surface area contributed by atoms with Crippen LogP contribution in [0.4, 0.5) is 0 Å². The van der Waals surface area contributed by atoms with E-state index in [0.29, 0.717) is 17.2 Å². The van der Waals surface area contributed by atoms with Crippen molar-refractivity contribution < 1.29 is 18.7 Å². The molecule has 0 saturated carbocycles. The Morgan fingerprint density at radius 2 is 1.68 bits per heavy atom. The van der Waals surface area contributed by atoms with Crippen LogP contribution >= 0.6 is 0 Å². The average Bonchev–Trinajstić information content (AvgIpc) is 3.20. The SMILES string of the molecule is CC(C)[C@@H](NC(=O)c1ccccc1)C(=O)OCc1cnc(-c2ccccc2)o1. The second-order valence-electron chi connectivity index (χ2n) is 6.67. The first-order valence-electron chi connectivity index (χ1n) is 9.07. The van der Waals surface area contributed by atoms with Gasteiger partial charge in [0.15, 0.2) is 12.4 Å². The highest BCUT2D eigenvalue weighted by Gasteiger charge is 2.26. The number of nitrogens with one attached hydrogen (secondary N) is 1. The normalized spacial score (nSPS) is 11.8. The van der Waals surface area contributed by atoms with Crippen LogP contribution in [0.2, 0.25) is 0 Å². The number of ether oxygens (including phenoxy) is 1. The van der Waals surface area contributed by atoms with Crippen molar-refractivity contribution in [2.24, 2.45) is 5.92 Å². The van der Waals surface area contributed by atoms with E-state index >= 15 is 0 Å². The van der Waals surface area contributed by atoms with Gasteiger partial charge in [0, 0.05) is 11.1 Å². The summed E-state index contributed by atoms with van der Waals surface area (Å²) in [6.45, 7) is 3.64. The Kier molecular flexibility index (Phi) is 6.22. The average molecular weight is 378 g/mol. The van der Waals surface area contributed by atoms with Crippen molar-refractivity contribution >= 4 is 11.9 Å². The van der Waals surface area contributed by atoms with Crippen LogP contribution in [-0.2, 0) is 16.1 Å². The third-order valence-corrected chi connectivity index (χ3v) is 4.17. The van der Waals surface area contributed by atoms with Crippen molar-refractivity contribution in [2.45, 2.75) is 26.5 Å². The van der Waals surface area contributed by atoms with Gasteiger partial charge in [-0.15, -0.1) is 0 Å². The van der Waals surface area contributed by atoms with Gasteiger partial charge < -0.3 is 14.5 Å². The number of hydrogen-bond acceptors (Lipinski definition) is 5. The van der Waals surface area contributed by atoms with Crippen molar-refractivity contribution in [2.75, 3.05) is 0 Å². The van der Waals surface area contributed by atoms with Crippen molar-refractivity contribution in [3.05, 3.63) is 78.2 Å². The van der Waals surface area contributed by atoms with Gasteiger partial charge in [0.25, 0.3) is 5.91 Å². The van der Waals surface area contributed by atoms with E-state index < -0.39 is 12.0 Å². The zero-order chi connectivity index (χ0) is 19.9. The molecule has 0 aliphatic rings. The molecule has 0 aliphatic carbocycles. The van der Waals surface area contributed by atoms with E-state index in [1.54, 1.807) is 24.3 Å². The summed E-state index contributed by atoms with van der Waals surface area (Å²) >= 11 is 0. The highest BCUT2D eigenvalue weighted by molar-refractivity contribution is 5.96. The van der Waals surface area contributed by atoms with Gasteiger partial charge in [0.2, 0.25) is 5.89 Å². The van der Waals surface area contributed by atoms with E-state index in [1.807, 2.05) is 50.2 Å². The summed E-state index contributed by atoms with van der Waals surface area (Å²) in [6, 6.07) is 17.4. The van der Waals surface area contributed by atoms with Gasteiger partial charge in [-0.05, 0) is 30.2 Å². The zero-order valence-corrected chi connectivity index (χ0v) is 15.8. The molecule has 0 bridgehead atoms. The molecule has 1 heterocycles. The summed E-state index contributed by atoms with van der Waals surface area (Å²) in [5.74, 6) is -0.0671. The molecule has 1 aromatic heterocycles. The summed E-state index contributed by atoms with van der Waals surface area (Å²) < 4.78 is 11.0. The molecule has 2 aromatic carbocycles. The molecular formula is C22H22N2O4. The predicted octanol–water partition coefficient (Wildman–Crippen LogP) is 3.84. The minimum absolute atomic E-state index is 0.0525. The molecule has 6 nitrogen and oxygen atoms in total. The Balaban J connectivity index is 1.60. The first-order valence-corrected chi connectivity index (χ1v) is 9.07. The number of rotatable bonds is 7. The summed E-state index contributed by atoms with van der Waals surface area (Å²) in [5.41, 5.74) is 1.33. The maximum absolute atomic E-state index is 12.5. The van der Waals surface area contributed by atoms with Crippen LogP contribution in [0.15, 0.2) is 71.3 Å². The largest absolute Gasteiger partial charge is 0.456 e. The molecule has 0 spiro atoms. The van der Waals surface area contributed by atoms with Crippen LogP contribution in [-0.4, -0.2) is 22.9 Å². The minimum atomic E-state index is -0.760. The summed E-state index contributed by atoms with van der Waals surface area (Å²) in [4.78, 5) is 29.1. The van der Waals surface area contributed by atoms with Crippen LogP contribution in [0.25, 0.3) is 11.5 Å². The molecule has 1 amide bonds. The van der Waals surface area contributed by atoms with Gasteiger partial charge in [-0.2, -0.15) is 0 Å². The van der Waals surface area contributed by atoms with Crippen molar-refractivity contribution in [1.29, 1.82) is 0 Å². The molecule has 0 fully saturated rings. The fourth-order valence-electron chi connectivity index (χ4n) is 2.63. The lowest BCUT2D eigenvalue weighted by atomic mass is 10.0. The summed E-state index contributed by atoms with van der Waals surface area (Å²) in [7, 11) is 0. The predicted molar refractivity (Wildman–Crippen MR) is 104 cm³/mol. The molecule has 0 radical (unpaired) electrons. The van der Waals surface area contributed by atoms with Gasteiger partial charge in [0.05, 0.1) is 6.20 Å². The van der Waals surface area contributed by atoms with Crippen molar-refractivity contribution in [1.82, 2.24) is 10.3 Å². The first kappa shape index (κ1) is 19.4. The van der Waals surface area contributed by atoms with E-state index in [1.165, 1.54) is 6.20 Å². The molecule has 6 heteroatoms. The maximum atomic E-state index is 12.5. The highest BCUT2D eigenvalue weighted by Crippen LogP contribution is 2.19. The van der Waals surface area contributed by atoms with Gasteiger partial charge in [-0.1, -0.05) is 50.2 Å². The van der Waals surface area contributed by atoms with Gasteiger partial charge in [-0.25, -0.2) is 9.78 Å². The first-order chi connectivity index (χ1) is 13.5. The molecule has 28 heavy (non-hydrogen) atoms. The fraction of sp³-hybridized carbons (Fsp3) is 0.227. The molecule has 0 aliphatic heterocycles. The summed E-state index contributed by atoms with van der Waals surface area (Å²) in [6.07, 6.45) is 1.53.